The van der Waals surface area contributed by atoms with E-state index in [1.165, 1.54) is 30.4 Å². The third-order valence-electron chi connectivity index (χ3n) is 2.67. The van der Waals surface area contributed by atoms with Crippen LogP contribution in [-0.4, -0.2) is 0 Å². The number of benzene rings is 1. The molecule has 0 aromatic heterocycles. The van der Waals surface area contributed by atoms with Crippen LogP contribution in [0.3, 0.4) is 0 Å². The zero-order valence-corrected chi connectivity index (χ0v) is 12.4. The first kappa shape index (κ1) is 16.0. The summed E-state index contributed by atoms with van der Waals surface area (Å²) >= 11 is 3.58. The zero-order valence-electron chi connectivity index (χ0n) is 10.0. The summed E-state index contributed by atoms with van der Waals surface area (Å²) < 4.78 is 1.14. The molecule has 0 saturated heterocycles. The van der Waals surface area contributed by atoms with E-state index in [0.717, 1.165) is 10.9 Å². The van der Waals surface area contributed by atoms with Crippen molar-refractivity contribution in [2.45, 2.75) is 45.6 Å². The van der Waals surface area contributed by atoms with Crippen LogP contribution in [0.25, 0.3) is 0 Å². The SMILES string of the molecule is CCCCC[C@@H](N)c1ccc(C)cc1Br.Cl. The molecule has 0 aliphatic carbocycles. The van der Waals surface area contributed by atoms with Gasteiger partial charge in [-0.3, -0.25) is 0 Å². The van der Waals surface area contributed by atoms with Gasteiger partial charge in [-0.1, -0.05) is 54.2 Å². The molecular weight excluding hydrogens is 286 g/mol. The van der Waals surface area contributed by atoms with Gasteiger partial charge in [-0.05, 0) is 30.5 Å². The van der Waals surface area contributed by atoms with Crippen LogP contribution in [0, 0.1) is 6.92 Å². The number of aryl methyl sites for hydroxylation is 1. The van der Waals surface area contributed by atoms with Gasteiger partial charge >= 0.3 is 0 Å². The molecule has 0 spiro atoms. The summed E-state index contributed by atoms with van der Waals surface area (Å²) in [7, 11) is 0. The second kappa shape index (κ2) is 8.10. The monoisotopic (exact) mass is 305 g/mol. The molecule has 0 saturated carbocycles. The van der Waals surface area contributed by atoms with Crippen LogP contribution in [0.15, 0.2) is 22.7 Å². The minimum absolute atomic E-state index is 0. The van der Waals surface area contributed by atoms with Gasteiger partial charge in [0.25, 0.3) is 0 Å². The Morgan fingerprint density at radius 1 is 1.31 bits per heavy atom. The molecule has 1 atom stereocenters. The fourth-order valence-corrected chi connectivity index (χ4v) is 2.49. The van der Waals surface area contributed by atoms with Gasteiger partial charge in [-0.25, -0.2) is 0 Å². The van der Waals surface area contributed by atoms with Gasteiger partial charge in [-0.2, -0.15) is 0 Å². The van der Waals surface area contributed by atoms with Crippen LogP contribution in [0.2, 0.25) is 0 Å². The second-order valence-corrected chi connectivity index (χ2v) is 4.98. The Bertz CT molecular complexity index is 315. The summed E-state index contributed by atoms with van der Waals surface area (Å²) in [6.45, 7) is 4.31. The first-order valence-electron chi connectivity index (χ1n) is 5.66. The number of hydrogen-bond acceptors (Lipinski definition) is 1. The molecule has 0 radical (unpaired) electrons. The Hall–Kier alpha value is -0.0500. The van der Waals surface area contributed by atoms with Crippen molar-refractivity contribution in [2.75, 3.05) is 0 Å². The lowest BCUT2D eigenvalue weighted by Gasteiger charge is -2.14. The van der Waals surface area contributed by atoms with Gasteiger partial charge in [0.15, 0.2) is 0 Å². The molecular formula is C13H21BrClN. The minimum Gasteiger partial charge on any atom is -0.324 e. The molecule has 3 heteroatoms. The normalized spacial score (nSPS) is 12.0. The minimum atomic E-state index is 0. The lowest BCUT2D eigenvalue weighted by Crippen LogP contribution is -2.10. The Morgan fingerprint density at radius 2 is 2.00 bits per heavy atom. The van der Waals surface area contributed by atoms with Crippen molar-refractivity contribution in [1.82, 2.24) is 0 Å². The quantitative estimate of drug-likeness (QED) is 0.780. The highest BCUT2D eigenvalue weighted by Crippen LogP contribution is 2.26. The molecule has 92 valence electrons. The number of unbranched alkanes of at least 4 members (excludes halogenated alkanes) is 2. The first-order chi connectivity index (χ1) is 7.15. The molecule has 0 bridgehead atoms. The van der Waals surface area contributed by atoms with Gasteiger partial charge in [0, 0.05) is 10.5 Å². The molecule has 1 aromatic carbocycles. The van der Waals surface area contributed by atoms with Gasteiger partial charge in [-0.15, -0.1) is 12.4 Å². The highest BCUT2D eigenvalue weighted by molar-refractivity contribution is 9.10. The molecule has 2 N–H and O–H groups in total. The van der Waals surface area contributed by atoms with E-state index in [0.29, 0.717) is 0 Å². The van der Waals surface area contributed by atoms with Gasteiger partial charge in [0.1, 0.15) is 0 Å². The molecule has 0 amide bonds. The summed E-state index contributed by atoms with van der Waals surface area (Å²) in [5.41, 5.74) is 8.66. The number of nitrogens with two attached hydrogens (primary N) is 1. The second-order valence-electron chi connectivity index (χ2n) is 4.13. The summed E-state index contributed by atoms with van der Waals surface area (Å²) in [4.78, 5) is 0. The Morgan fingerprint density at radius 3 is 2.56 bits per heavy atom. The van der Waals surface area contributed by atoms with Gasteiger partial charge < -0.3 is 5.73 Å². The van der Waals surface area contributed by atoms with Crippen LogP contribution in [0.5, 0.6) is 0 Å². The molecule has 0 aliphatic rings. The number of rotatable bonds is 5. The van der Waals surface area contributed by atoms with Crippen molar-refractivity contribution in [1.29, 1.82) is 0 Å². The average molecular weight is 307 g/mol. The fourth-order valence-electron chi connectivity index (χ4n) is 1.70. The highest BCUT2D eigenvalue weighted by Gasteiger charge is 2.09. The van der Waals surface area contributed by atoms with E-state index in [-0.39, 0.29) is 18.4 Å². The maximum atomic E-state index is 6.16. The molecule has 0 aliphatic heterocycles. The predicted octanol–water partition coefficient (Wildman–Crippen LogP) is 4.76. The Kier molecular flexibility index (Phi) is 8.08. The van der Waals surface area contributed by atoms with Crippen molar-refractivity contribution in [3.05, 3.63) is 33.8 Å². The summed E-state index contributed by atoms with van der Waals surface area (Å²) in [6.07, 6.45) is 4.83. The molecule has 0 fully saturated rings. The molecule has 1 rings (SSSR count). The third-order valence-corrected chi connectivity index (χ3v) is 3.36. The molecule has 16 heavy (non-hydrogen) atoms. The third kappa shape index (κ3) is 4.86. The summed E-state index contributed by atoms with van der Waals surface area (Å²) in [5, 5.41) is 0. The highest BCUT2D eigenvalue weighted by atomic mass is 79.9. The molecule has 1 nitrogen and oxygen atoms in total. The van der Waals surface area contributed by atoms with E-state index in [2.05, 4.69) is 48.0 Å². The van der Waals surface area contributed by atoms with Crippen molar-refractivity contribution in [2.24, 2.45) is 5.73 Å². The van der Waals surface area contributed by atoms with Crippen molar-refractivity contribution < 1.29 is 0 Å². The molecule has 0 heterocycles. The fraction of sp³-hybridized carbons (Fsp3) is 0.538. The van der Waals surface area contributed by atoms with E-state index in [1.54, 1.807) is 0 Å². The van der Waals surface area contributed by atoms with Crippen LogP contribution in [-0.2, 0) is 0 Å². The average Bonchev–Trinajstić information content (AvgIpc) is 2.17. The maximum absolute atomic E-state index is 6.16. The van der Waals surface area contributed by atoms with Crippen molar-refractivity contribution in [3.8, 4) is 0 Å². The zero-order chi connectivity index (χ0) is 11.3. The van der Waals surface area contributed by atoms with Gasteiger partial charge in [0.2, 0.25) is 0 Å². The van der Waals surface area contributed by atoms with E-state index in [4.69, 9.17) is 5.73 Å². The topological polar surface area (TPSA) is 26.0 Å². The van der Waals surface area contributed by atoms with E-state index >= 15 is 0 Å². The summed E-state index contributed by atoms with van der Waals surface area (Å²) in [5.74, 6) is 0. The van der Waals surface area contributed by atoms with E-state index in [1.807, 2.05) is 0 Å². The summed E-state index contributed by atoms with van der Waals surface area (Å²) in [6, 6.07) is 6.57. The largest absolute Gasteiger partial charge is 0.324 e. The van der Waals surface area contributed by atoms with Crippen LogP contribution >= 0.6 is 28.3 Å². The Balaban J connectivity index is 0.00000225. The first-order valence-corrected chi connectivity index (χ1v) is 6.46. The standard InChI is InChI=1S/C13H20BrN.ClH/c1-3-4-5-6-13(15)11-8-7-10(2)9-12(11)14;/h7-9,13H,3-6,15H2,1-2H3;1H/t13-;/m1./s1. The van der Waals surface area contributed by atoms with Crippen LogP contribution in [0.1, 0.15) is 49.8 Å². The predicted molar refractivity (Wildman–Crippen MR) is 77.2 cm³/mol. The van der Waals surface area contributed by atoms with Crippen molar-refractivity contribution in [3.63, 3.8) is 0 Å². The van der Waals surface area contributed by atoms with Gasteiger partial charge in [0.05, 0.1) is 0 Å². The van der Waals surface area contributed by atoms with E-state index < -0.39 is 0 Å². The van der Waals surface area contributed by atoms with Crippen LogP contribution in [0.4, 0.5) is 0 Å². The maximum Gasteiger partial charge on any atom is 0.0306 e. The van der Waals surface area contributed by atoms with Crippen molar-refractivity contribution >= 4 is 28.3 Å². The van der Waals surface area contributed by atoms with Crippen LogP contribution < -0.4 is 5.73 Å². The Labute approximate surface area is 113 Å². The van der Waals surface area contributed by atoms with E-state index in [9.17, 15) is 0 Å². The number of hydrogen-bond donors (Lipinski definition) is 1. The lowest BCUT2D eigenvalue weighted by atomic mass is 10.0. The lowest BCUT2D eigenvalue weighted by molar-refractivity contribution is 0.580. The molecule has 1 aromatic rings. The smallest absolute Gasteiger partial charge is 0.0306 e. The molecule has 0 unspecified atom stereocenters. The number of halogens is 2.